The first-order chi connectivity index (χ1) is 13.2. The average Bonchev–Trinajstić information content (AvgIpc) is 3.16. The Kier molecular flexibility index (Phi) is 4.14. The molecule has 2 aliphatic heterocycles. The van der Waals surface area contributed by atoms with Crippen molar-refractivity contribution in [1.29, 1.82) is 0 Å². The van der Waals surface area contributed by atoms with Crippen LogP contribution < -0.4 is 4.90 Å². The number of ether oxygens (including phenoxy) is 1. The molecule has 1 aromatic heterocycles. The zero-order valence-electron chi connectivity index (χ0n) is 15.5. The van der Waals surface area contributed by atoms with E-state index in [1.54, 1.807) is 12.3 Å². The highest BCUT2D eigenvalue weighted by atomic mass is 19.1. The lowest BCUT2D eigenvalue weighted by atomic mass is 9.84. The smallest absolute Gasteiger partial charge is 0.146 e. The lowest BCUT2D eigenvalue weighted by Gasteiger charge is -2.35. The minimum atomic E-state index is -0.135. The van der Waals surface area contributed by atoms with E-state index in [4.69, 9.17) is 9.15 Å². The van der Waals surface area contributed by atoms with Crippen LogP contribution in [0.4, 0.5) is 10.1 Å². The Morgan fingerprint density at radius 1 is 1.07 bits per heavy atom. The van der Waals surface area contributed by atoms with Gasteiger partial charge in [-0.1, -0.05) is 12.1 Å². The third-order valence-electron chi connectivity index (χ3n) is 5.75. The Balaban J connectivity index is 1.57. The van der Waals surface area contributed by atoms with Crippen molar-refractivity contribution in [1.82, 2.24) is 4.90 Å². The van der Waals surface area contributed by atoms with Gasteiger partial charge >= 0.3 is 0 Å². The van der Waals surface area contributed by atoms with Gasteiger partial charge in [-0.15, -0.1) is 0 Å². The van der Waals surface area contributed by atoms with Crippen molar-refractivity contribution in [2.75, 3.05) is 44.8 Å². The predicted octanol–water partition coefficient (Wildman–Crippen LogP) is 3.99. The zero-order valence-corrected chi connectivity index (χ0v) is 15.5. The first-order valence-corrected chi connectivity index (χ1v) is 9.50. The zero-order chi connectivity index (χ0) is 18.4. The van der Waals surface area contributed by atoms with E-state index >= 15 is 4.39 Å². The molecule has 5 heteroatoms. The molecular weight excluding hydrogens is 343 g/mol. The Hall–Kier alpha value is -2.37. The van der Waals surface area contributed by atoms with E-state index in [0.29, 0.717) is 18.9 Å². The molecule has 1 fully saturated rings. The lowest BCUT2D eigenvalue weighted by Crippen LogP contribution is -2.37. The summed E-state index contributed by atoms with van der Waals surface area (Å²) in [6.07, 6.45) is 1.71. The van der Waals surface area contributed by atoms with Crippen molar-refractivity contribution in [2.45, 2.75) is 12.5 Å². The first-order valence-electron chi connectivity index (χ1n) is 9.50. The molecule has 5 rings (SSSR count). The van der Waals surface area contributed by atoms with Gasteiger partial charge in [0.1, 0.15) is 11.4 Å². The van der Waals surface area contributed by atoms with Crippen LogP contribution in [-0.2, 0) is 11.3 Å². The molecule has 0 aliphatic carbocycles. The van der Waals surface area contributed by atoms with Crippen LogP contribution in [0.2, 0.25) is 0 Å². The molecule has 4 nitrogen and oxygen atoms in total. The standard InChI is InChI=1S/C22H23FN2O2/c1-24-13-17-10-21(25-5-8-26-9-6-25)20(23)12-18(17)19(14-24)16-3-2-15-4-7-27-22(15)11-16/h2-4,7,10-12,19H,5-6,8-9,13-14H2,1H3. The van der Waals surface area contributed by atoms with Crippen LogP contribution in [0.5, 0.6) is 0 Å². The molecule has 140 valence electrons. The van der Waals surface area contributed by atoms with Crippen LogP contribution in [0.1, 0.15) is 22.6 Å². The summed E-state index contributed by atoms with van der Waals surface area (Å²) in [6.45, 7) is 4.50. The summed E-state index contributed by atoms with van der Waals surface area (Å²) in [5.74, 6) is 0.00534. The van der Waals surface area contributed by atoms with E-state index in [9.17, 15) is 0 Å². The van der Waals surface area contributed by atoms with E-state index in [2.05, 4.69) is 35.0 Å². The van der Waals surface area contributed by atoms with Gasteiger partial charge in [-0.2, -0.15) is 0 Å². The summed E-state index contributed by atoms with van der Waals surface area (Å²) < 4.78 is 26.0. The summed E-state index contributed by atoms with van der Waals surface area (Å²) in [5.41, 5.74) is 5.05. The summed E-state index contributed by atoms with van der Waals surface area (Å²) in [7, 11) is 2.12. The monoisotopic (exact) mass is 366 g/mol. The van der Waals surface area contributed by atoms with E-state index in [1.807, 2.05) is 12.1 Å². The number of likely N-dealkylation sites (N-methyl/N-ethyl adjacent to an activating group) is 1. The van der Waals surface area contributed by atoms with Crippen LogP contribution >= 0.6 is 0 Å². The van der Waals surface area contributed by atoms with Crippen molar-refractivity contribution in [3.05, 3.63) is 65.2 Å². The van der Waals surface area contributed by atoms with Gasteiger partial charge in [0.05, 0.1) is 25.2 Å². The highest BCUT2D eigenvalue weighted by molar-refractivity contribution is 5.78. The SMILES string of the molecule is CN1Cc2cc(N3CCOCC3)c(F)cc2C(c2ccc3ccoc3c2)C1. The van der Waals surface area contributed by atoms with Gasteiger partial charge in [0.25, 0.3) is 0 Å². The molecule has 0 bridgehead atoms. The predicted molar refractivity (Wildman–Crippen MR) is 104 cm³/mol. The minimum Gasteiger partial charge on any atom is -0.464 e. The molecule has 2 aliphatic rings. The molecule has 1 saturated heterocycles. The second-order valence-corrected chi connectivity index (χ2v) is 7.57. The number of hydrogen-bond donors (Lipinski definition) is 0. The van der Waals surface area contributed by atoms with E-state index in [0.717, 1.165) is 42.7 Å². The fourth-order valence-electron chi connectivity index (χ4n) is 4.37. The number of benzene rings is 2. The second-order valence-electron chi connectivity index (χ2n) is 7.57. The maximum atomic E-state index is 15.0. The highest BCUT2D eigenvalue weighted by Crippen LogP contribution is 2.37. The molecule has 1 unspecified atom stereocenters. The molecule has 0 saturated carbocycles. The molecule has 27 heavy (non-hydrogen) atoms. The minimum absolute atomic E-state index is 0.135. The van der Waals surface area contributed by atoms with Crippen molar-refractivity contribution >= 4 is 16.7 Å². The summed E-state index contributed by atoms with van der Waals surface area (Å²) >= 11 is 0. The Morgan fingerprint density at radius 2 is 1.93 bits per heavy atom. The van der Waals surface area contributed by atoms with Crippen LogP contribution in [0, 0.1) is 5.82 Å². The largest absolute Gasteiger partial charge is 0.464 e. The summed E-state index contributed by atoms with van der Waals surface area (Å²) in [4.78, 5) is 4.40. The molecule has 0 amide bonds. The first kappa shape index (κ1) is 16.8. The van der Waals surface area contributed by atoms with Crippen LogP contribution in [0.3, 0.4) is 0 Å². The van der Waals surface area contributed by atoms with Gasteiger partial charge in [-0.25, -0.2) is 4.39 Å². The number of nitrogens with zero attached hydrogens (tertiary/aromatic N) is 2. The Labute approximate surface area is 158 Å². The van der Waals surface area contributed by atoms with Crippen molar-refractivity contribution < 1.29 is 13.5 Å². The molecule has 0 N–H and O–H groups in total. The van der Waals surface area contributed by atoms with E-state index in [-0.39, 0.29) is 11.7 Å². The quantitative estimate of drug-likeness (QED) is 0.686. The Bertz CT molecular complexity index is 978. The van der Waals surface area contributed by atoms with Crippen molar-refractivity contribution in [2.24, 2.45) is 0 Å². The third-order valence-corrected chi connectivity index (χ3v) is 5.75. The van der Waals surface area contributed by atoms with Gasteiger partial charge in [0.15, 0.2) is 0 Å². The van der Waals surface area contributed by atoms with Gasteiger partial charge in [-0.3, -0.25) is 0 Å². The van der Waals surface area contributed by atoms with Gasteiger partial charge < -0.3 is 19.0 Å². The van der Waals surface area contributed by atoms with Crippen LogP contribution in [0.25, 0.3) is 11.0 Å². The Morgan fingerprint density at radius 3 is 2.78 bits per heavy atom. The third kappa shape index (κ3) is 3.01. The number of morpholine rings is 1. The maximum Gasteiger partial charge on any atom is 0.146 e. The van der Waals surface area contributed by atoms with Gasteiger partial charge in [-0.05, 0) is 48.0 Å². The average molecular weight is 366 g/mol. The molecular formula is C22H23FN2O2. The molecule has 3 heterocycles. The highest BCUT2D eigenvalue weighted by Gasteiger charge is 2.28. The van der Waals surface area contributed by atoms with Crippen LogP contribution in [-0.4, -0.2) is 44.8 Å². The number of hydrogen-bond acceptors (Lipinski definition) is 4. The van der Waals surface area contributed by atoms with E-state index in [1.165, 1.54) is 11.1 Å². The normalized spacial score (nSPS) is 20.8. The fraction of sp³-hybridized carbons (Fsp3) is 0.364. The molecule has 3 aromatic rings. The molecule has 0 spiro atoms. The van der Waals surface area contributed by atoms with Gasteiger partial charge in [0.2, 0.25) is 0 Å². The number of furan rings is 1. The second kappa shape index (κ2) is 6.66. The number of halogens is 1. The van der Waals surface area contributed by atoms with Crippen LogP contribution in [0.15, 0.2) is 47.1 Å². The van der Waals surface area contributed by atoms with Crippen molar-refractivity contribution in [3.8, 4) is 0 Å². The van der Waals surface area contributed by atoms with E-state index < -0.39 is 0 Å². The topological polar surface area (TPSA) is 28.9 Å². The number of fused-ring (bicyclic) bond motifs is 2. The number of rotatable bonds is 2. The fourth-order valence-corrected chi connectivity index (χ4v) is 4.37. The van der Waals surface area contributed by atoms with Crippen molar-refractivity contribution in [3.63, 3.8) is 0 Å². The summed E-state index contributed by atoms with van der Waals surface area (Å²) in [5, 5.41) is 1.09. The maximum absolute atomic E-state index is 15.0. The number of anilines is 1. The summed E-state index contributed by atoms with van der Waals surface area (Å²) in [6, 6.07) is 12.1. The molecule has 0 radical (unpaired) electrons. The van der Waals surface area contributed by atoms with Gasteiger partial charge in [0, 0.05) is 37.5 Å². The molecule has 2 aromatic carbocycles. The lowest BCUT2D eigenvalue weighted by molar-refractivity contribution is 0.122. The molecule has 1 atom stereocenters.